The molecule has 5 heteroatoms. The maximum Gasteiger partial charge on any atom is 0.141 e. The smallest absolute Gasteiger partial charge is 0.141 e. The molecule has 0 bridgehead atoms. The van der Waals surface area contributed by atoms with E-state index in [2.05, 4.69) is 40.5 Å². The van der Waals surface area contributed by atoms with Gasteiger partial charge in [0.25, 0.3) is 0 Å². The highest BCUT2D eigenvalue weighted by Crippen LogP contribution is 2.36. The van der Waals surface area contributed by atoms with Crippen LogP contribution in [0.15, 0.2) is 40.7 Å². The molecule has 0 radical (unpaired) electrons. The Morgan fingerprint density at radius 3 is 2.45 bits per heavy atom. The summed E-state index contributed by atoms with van der Waals surface area (Å²) >= 11 is 1.63. The van der Waals surface area contributed by atoms with Crippen molar-refractivity contribution in [3.05, 3.63) is 46.2 Å². The highest BCUT2D eigenvalue weighted by Gasteiger charge is 2.29. The SMILES string of the molecule is CC.CC.CNC1CCC(N2CCc3cc(N=C(N)c4cccs4)ccc32)CC1. The predicted octanol–water partition coefficient (Wildman–Crippen LogP) is 5.73. The normalized spacial score (nSPS) is 20.9. The Labute approximate surface area is 181 Å². The topological polar surface area (TPSA) is 53.6 Å². The van der Waals surface area contributed by atoms with Crippen LogP contribution in [0, 0.1) is 0 Å². The van der Waals surface area contributed by atoms with Crippen LogP contribution in [-0.4, -0.2) is 31.5 Å². The third-order valence-corrected chi connectivity index (χ3v) is 6.46. The van der Waals surface area contributed by atoms with E-state index in [4.69, 9.17) is 5.73 Å². The molecule has 0 amide bonds. The largest absolute Gasteiger partial charge is 0.383 e. The molecule has 2 aromatic rings. The van der Waals surface area contributed by atoms with Crippen molar-refractivity contribution in [1.29, 1.82) is 0 Å². The summed E-state index contributed by atoms with van der Waals surface area (Å²) in [6.45, 7) is 9.14. The average Bonchev–Trinajstić information content (AvgIpc) is 3.47. The lowest BCUT2D eigenvalue weighted by molar-refractivity contribution is 0.347. The second-order valence-corrected chi connectivity index (χ2v) is 7.97. The van der Waals surface area contributed by atoms with Gasteiger partial charge in [-0.25, -0.2) is 4.99 Å². The van der Waals surface area contributed by atoms with Gasteiger partial charge in [-0.05, 0) is 74.4 Å². The van der Waals surface area contributed by atoms with E-state index in [1.54, 1.807) is 11.3 Å². The van der Waals surface area contributed by atoms with Gasteiger partial charge < -0.3 is 16.0 Å². The maximum absolute atomic E-state index is 6.13. The van der Waals surface area contributed by atoms with Crippen LogP contribution in [0.3, 0.4) is 0 Å². The lowest BCUT2D eigenvalue weighted by Gasteiger charge is -2.36. The zero-order valence-electron chi connectivity index (χ0n) is 18.7. The third-order valence-electron chi connectivity index (χ3n) is 5.56. The van der Waals surface area contributed by atoms with Crippen molar-refractivity contribution in [2.24, 2.45) is 10.7 Å². The van der Waals surface area contributed by atoms with Gasteiger partial charge in [-0.1, -0.05) is 33.8 Å². The Morgan fingerprint density at radius 1 is 1.10 bits per heavy atom. The quantitative estimate of drug-likeness (QED) is 0.496. The van der Waals surface area contributed by atoms with Gasteiger partial charge in [-0.2, -0.15) is 0 Å². The van der Waals surface area contributed by atoms with E-state index in [9.17, 15) is 0 Å². The molecule has 1 fully saturated rings. The van der Waals surface area contributed by atoms with Crippen molar-refractivity contribution in [3.63, 3.8) is 0 Å². The molecule has 160 valence electrons. The second kappa shape index (κ2) is 12.0. The summed E-state index contributed by atoms with van der Waals surface area (Å²) in [6.07, 6.45) is 6.26. The molecule has 2 aliphatic rings. The van der Waals surface area contributed by atoms with Crippen LogP contribution in [0.2, 0.25) is 0 Å². The fourth-order valence-corrected chi connectivity index (χ4v) is 4.78. The molecular formula is C24H38N4S. The van der Waals surface area contributed by atoms with Crippen LogP contribution >= 0.6 is 11.3 Å². The molecule has 3 N–H and O–H groups in total. The van der Waals surface area contributed by atoms with Gasteiger partial charge in [-0.3, -0.25) is 0 Å². The molecular weight excluding hydrogens is 376 g/mol. The molecule has 4 rings (SSSR count). The summed E-state index contributed by atoms with van der Waals surface area (Å²) in [5.41, 5.74) is 9.91. The zero-order chi connectivity index (χ0) is 21.2. The summed E-state index contributed by atoms with van der Waals surface area (Å²) in [7, 11) is 2.08. The minimum Gasteiger partial charge on any atom is -0.383 e. The number of benzene rings is 1. The fourth-order valence-electron chi connectivity index (χ4n) is 4.16. The van der Waals surface area contributed by atoms with Crippen LogP contribution < -0.4 is 16.0 Å². The van der Waals surface area contributed by atoms with Gasteiger partial charge in [0.05, 0.1) is 10.6 Å². The van der Waals surface area contributed by atoms with Gasteiger partial charge in [0.15, 0.2) is 0 Å². The van der Waals surface area contributed by atoms with Crippen LogP contribution in [0.1, 0.15) is 63.8 Å². The van der Waals surface area contributed by atoms with E-state index in [-0.39, 0.29) is 0 Å². The van der Waals surface area contributed by atoms with Crippen molar-refractivity contribution >= 4 is 28.5 Å². The van der Waals surface area contributed by atoms with Crippen molar-refractivity contribution in [2.75, 3.05) is 18.5 Å². The molecule has 1 aromatic heterocycles. The fraction of sp³-hybridized carbons (Fsp3) is 0.542. The summed E-state index contributed by atoms with van der Waals surface area (Å²) < 4.78 is 0. The molecule has 29 heavy (non-hydrogen) atoms. The van der Waals surface area contributed by atoms with Crippen molar-refractivity contribution < 1.29 is 0 Å². The molecule has 4 nitrogen and oxygen atoms in total. The van der Waals surface area contributed by atoms with Crippen molar-refractivity contribution in [1.82, 2.24) is 5.32 Å². The zero-order valence-corrected chi connectivity index (χ0v) is 19.6. The van der Waals surface area contributed by atoms with Gasteiger partial charge in [-0.15, -0.1) is 11.3 Å². The first-order chi connectivity index (χ1) is 14.2. The number of thiophene rings is 1. The van der Waals surface area contributed by atoms with E-state index in [1.807, 2.05) is 45.2 Å². The molecule has 0 atom stereocenters. The maximum atomic E-state index is 6.13. The van der Waals surface area contributed by atoms with E-state index < -0.39 is 0 Å². The Balaban J connectivity index is 0.000000707. The van der Waals surface area contributed by atoms with E-state index in [0.717, 1.165) is 23.5 Å². The van der Waals surface area contributed by atoms with Gasteiger partial charge in [0, 0.05) is 24.3 Å². The second-order valence-electron chi connectivity index (χ2n) is 7.02. The third kappa shape index (κ3) is 5.83. The first kappa shape index (κ1) is 23.4. The summed E-state index contributed by atoms with van der Waals surface area (Å²) in [6, 6.07) is 12.0. The highest BCUT2D eigenvalue weighted by atomic mass is 32.1. The lowest BCUT2D eigenvalue weighted by atomic mass is 9.90. The number of amidine groups is 1. The Bertz CT molecular complexity index is 746. The van der Waals surface area contributed by atoms with Gasteiger partial charge >= 0.3 is 0 Å². The lowest BCUT2D eigenvalue weighted by Crippen LogP contribution is -2.41. The molecule has 0 unspecified atom stereocenters. The number of anilines is 1. The molecule has 2 heterocycles. The van der Waals surface area contributed by atoms with Crippen molar-refractivity contribution in [3.8, 4) is 0 Å². The van der Waals surface area contributed by atoms with E-state index in [0.29, 0.717) is 17.9 Å². The minimum atomic E-state index is 0.607. The van der Waals surface area contributed by atoms with Crippen LogP contribution in [-0.2, 0) is 6.42 Å². The average molecular weight is 415 g/mol. The summed E-state index contributed by atoms with van der Waals surface area (Å²) in [5, 5.41) is 5.46. The number of rotatable bonds is 4. The van der Waals surface area contributed by atoms with Gasteiger partial charge in [0.2, 0.25) is 0 Å². The van der Waals surface area contributed by atoms with Crippen LogP contribution in [0.4, 0.5) is 11.4 Å². The molecule has 1 saturated carbocycles. The van der Waals surface area contributed by atoms with Crippen molar-refractivity contribution in [2.45, 2.75) is 71.9 Å². The van der Waals surface area contributed by atoms with Crippen LogP contribution in [0.5, 0.6) is 0 Å². The van der Waals surface area contributed by atoms with Crippen LogP contribution in [0.25, 0.3) is 0 Å². The number of nitrogens with one attached hydrogen (secondary N) is 1. The predicted molar refractivity (Wildman–Crippen MR) is 130 cm³/mol. The molecule has 0 saturated heterocycles. The van der Waals surface area contributed by atoms with E-state index >= 15 is 0 Å². The number of nitrogens with zero attached hydrogens (tertiary/aromatic N) is 2. The standard InChI is InChI=1S/C20H26N4S.2C2H6/c1-22-15-4-7-17(8-5-15)24-11-10-14-13-16(6-9-18(14)24)23-20(21)19-3-2-12-25-19;2*1-2/h2-3,6,9,12-13,15,17,22H,4-5,7-8,10-11H2,1H3,(H2,21,23);2*1-2H3. The summed E-state index contributed by atoms with van der Waals surface area (Å²) in [5.74, 6) is 0.607. The Kier molecular flexibility index (Phi) is 9.68. The minimum absolute atomic E-state index is 0.607. The first-order valence-electron chi connectivity index (χ1n) is 11.2. The number of hydrogen-bond acceptors (Lipinski definition) is 4. The molecule has 1 aromatic carbocycles. The number of nitrogens with two attached hydrogens (primary N) is 1. The van der Waals surface area contributed by atoms with E-state index in [1.165, 1.54) is 36.9 Å². The van der Waals surface area contributed by atoms with Gasteiger partial charge in [0.1, 0.15) is 5.84 Å². The Hall–Kier alpha value is -1.85. The summed E-state index contributed by atoms with van der Waals surface area (Å²) in [4.78, 5) is 8.27. The Morgan fingerprint density at radius 2 is 1.83 bits per heavy atom. The molecule has 1 aliphatic carbocycles. The molecule has 0 spiro atoms. The number of aliphatic imine (C=N–C) groups is 1. The first-order valence-corrected chi connectivity index (χ1v) is 12.1. The monoisotopic (exact) mass is 414 g/mol. The number of hydrogen-bond donors (Lipinski definition) is 2. The molecule has 1 aliphatic heterocycles. The highest BCUT2D eigenvalue weighted by molar-refractivity contribution is 7.12. The number of fused-ring (bicyclic) bond motifs is 1.